The Morgan fingerprint density at radius 3 is 2.57 bits per heavy atom. The van der Waals surface area contributed by atoms with Gasteiger partial charge in [-0.3, -0.25) is 0 Å². The standard InChI is InChI=1S/C13H13N5O3/c1-20-11-6-4-10(5-7-11)12(17-14)13(19)21-9-3-2-8-16-18-15/h2-7H,8-9H2,1H3/b3-2+. The Morgan fingerprint density at radius 1 is 1.29 bits per heavy atom. The maximum Gasteiger partial charge on any atom is 0.422 e. The van der Waals surface area contributed by atoms with Crippen molar-refractivity contribution in [1.29, 1.82) is 0 Å². The Kier molecular flexibility index (Phi) is 6.79. The summed E-state index contributed by atoms with van der Waals surface area (Å²) in [6.45, 7) is 0.155. The highest BCUT2D eigenvalue weighted by atomic mass is 16.5. The Labute approximate surface area is 120 Å². The summed E-state index contributed by atoms with van der Waals surface area (Å²) in [5.74, 6) is -0.151. The van der Waals surface area contributed by atoms with Crippen LogP contribution in [-0.2, 0) is 9.53 Å². The molecule has 0 atom stereocenters. The zero-order chi connectivity index (χ0) is 15.5. The molecule has 8 heteroatoms. The molecule has 1 rings (SSSR count). The molecule has 0 fully saturated rings. The van der Waals surface area contributed by atoms with Gasteiger partial charge in [-0.25, -0.2) is 4.79 Å². The minimum Gasteiger partial charge on any atom is -0.497 e. The van der Waals surface area contributed by atoms with Crippen LogP contribution in [0.5, 0.6) is 5.75 Å². The molecule has 0 amide bonds. The first kappa shape index (κ1) is 16.0. The molecule has 0 aliphatic carbocycles. The Balaban J connectivity index is 2.63. The molecule has 0 saturated carbocycles. The van der Waals surface area contributed by atoms with Crippen LogP contribution in [-0.4, -0.2) is 36.7 Å². The summed E-state index contributed by atoms with van der Waals surface area (Å²) in [6.07, 6.45) is 3.08. The van der Waals surface area contributed by atoms with Gasteiger partial charge in [0.15, 0.2) is 0 Å². The molecule has 0 aliphatic heterocycles. The number of ether oxygens (including phenoxy) is 2. The van der Waals surface area contributed by atoms with E-state index in [4.69, 9.17) is 20.5 Å². The molecule has 0 aliphatic rings. The van der Waals surface area contributed by atoms with Crippen LogP contribution in [0.1, 0.15) is 5.56 Å². The van der Waals surface area contributed by atoms with Gasteiger partial charge in [-0.05, 0) is 29.8 Å². The summed E-state index contributed by atoms with van der Waals surface area (Å²) in [6, 6.07) is 6.42. The van der Waals surface area contributed by atoms with Crippen LogP contribution in [0.4, 0.5) is 0 Å². The van der Waals surface area contributed by atoms with Crippen molar-refractivity contribution < 1.29 is 19.1 Å². The number of hydrogen-bond donors (Lipinski definition) is 0. The molecule has 8 nitrogen and oxygen atoms in total. The first-order valence-corrected chi connectivity index (χ1v) is 5.92. The molecular weight excluding hydrogens is 274 g/mol. The lowest BCUT2D eigenvalue weighted by Crippen LogP contribution is -2.19. The third-order valence-corrected chi connectivity index (χ3v) is 2.38. The molecule has 0 unspecified atom stereocenters. The molecule has 0 saturated heterocycles. The zero-order valence-electron chi connectivity index (χ0n) is 11.3. The minimum absolute atomic E-state index is 0.0189. The van der Waals surface area contributed by atoms with Crippen LogP contribution in [0.15, 0.2) is 41.5 Å². The van der Waals surface area contributed by atoms with Crippen molar-refractivity contribution in [2.45, 2.75) is 0 Å². The second kappa shape index (κ2) is 8.92. The fraction of sp³-hybridized carbons (Fsp3) is 0.231. The summed E-state index contributed by atoms with van der Waals surface area (Å²) < 4.78 is 9.90. The van der Waals surface area contributed by atoms with E-state index in [2.05, 4.69) is 14.8 Å². The maximum atomic E-state index is 11.8. The molecule has 0 heterocycles. The maximum absolute atomic E-state index is 11.8. The molecule has 0 spiro atoms. The fourth-order valence-electron chi connectivity index (χ4n) is 1.38. The van der Waals surface area contributed by atoms with Crippen molar-refractivity contribution in [3.63, 3.8) is 0 Å². The number of hydrogen-bond acceptors (Lipinski definition) is 4. The number of carbonyl (C=O) groups excluding carboxylic acids is 1. The molecule has 21 heavy (non-hydrogen) atoms. The largest absolute Gasteiger partial charge is 0.497 e. The van der Waals surface area contributed by atoms with Crippen LogP contribution in [0.3, 0.4) is 0 Å². The van der Waals surface area contributed by atoms with Gasteiger partial charge >= 0.3 is 11.7 Å². The van der Waals surface area contributed by atoms with Crippen LogP contribution in [0.2, 0.25) is 0 Å². The normalized spacial score (nSPS) is 9.57. The number of benzene rings is 1. The third-order valence-electron chi connectivity index (χ3n) is 2.38. The highest BCUT2D eigenvalue weighted by molar-refractivity contribution is 6.40. The summed E-state index contributed by atoms with van der Waals surface area (Å²) in [4.78, 5) is 17.3. The lowest BCUT2D eigenvalue weighted by atomic mass is 10.1. The van der Waals surface area contributed by atoms with Crippen LogP contribution in [0, 0.1) is 0 Å². The van der Waals surface area contributed by atoms with E-state index in [0.29, 0.717) is 11.3 Å². The van der Waals surface area contributed by atoms with E-state index in [0.717, 1.165) is 0 Å². The van der Waals surface area contributed by atoms with Crippen molar-refractivity contribution in [1.82, 2.24) is 0 Å². The van der Waals surface area contributed by atoms with E-state index >= 15 is 0 Å². The van der Waals surface area contributed by atoms with Gasteiger partial charge in [-0.15, -0.1) is 0 Å². The topological polar surface area (TPSA) is 121 Å². The summed E-state index contributed by atoms with van der Waals surface area (Å²) in [5, 5.41) is 3.28. The highest BCUT2D eigenvalue weighted by Gasteiger charge is 2.24. The number of azide groups is 1. The Bertz CT molecular complexity index is 611. The molecule has 0 N–H and O–H groups in total. The molecule has 1 aromatic carbocycles. The molecule has 0 radical (unpaired) electrons. The average molecular weight is 287 g/mol. The highest BCUT2D eigenvalue weighted by Crippen LogP contribution is 2.11. The first-order valence-electron chi connectivity index (χ1n) is 5.92. The van der Waals surface area contributed by atoms with Crippen molar-refractivity contribution in [3.8, 4) is 5.75 Å². The molecular formula is C13H13N5O3. The molecule has 108 valence electrons. The van der Waals surface area contributed by atoms with E-state index in [-0.39, 0.29) is 18.9 Å². The smallest absolute Gasteiger partial charge is 0.422 e. The van der Waals surface area contributed by atoms with E-state index in [9.17, 15) is 4.79 Å². The summed E-state index contributed by atoms with van der Waals surface area (Å²) in [5.41, 5.74) is 17.2. The average Bonchev–Trinajstić information content (AvgIpc) is 2.52. The predicted octanol–water partition coefficient (Wildman–Crippen LogP) is 2.12. The van der Waals surface area contributed by atoms with E-state index < -0.39 is 5.97 Å². The van der Waals surface area contributed by atoms with E-state index in [1.807, 2.05) is 0 Å². The van der Waals surface area contributed by atoms with E-state index in [1.54, 1.807) is 30.3 Å². The van der Waals surface area contributed by atoms with Crippen LogP contribution < -0.4 is 4.74 Å². The number of methoxy groups -OCH3 is 1. The monoisotopic (exact) mass is 287 g/mol. The number of nitrogens with zero attached hydrogens (tertiary/aromatic N) is 5. The predicted molar refractivity (Wildman–Crippen MR) is 74.8 cm³/mol. The van der Waals surface area contributed by atoms with Gasteiger partial charge in [-0.2, -0.15) is 4.79 Å². The molecule has 0 aromatic heterocycles. The Morgan fingerprint density at radius 2 is 2.00 bits per heavy atom. The number of rotatable bonds is 7. The second-order valence-electron chi connectivity index (χ2n) is 3.66. The number of esters is 1. The van der Waals surface area contributed by atoms with Gasteiger partial charge in [0.25, 0.3) is 0 Å². The van der Waals surface area contributed by atoms with Crippen molar-refractivity contribution >= 4 is 11.7 Å². The zero-order valence-corrected chi connectivity index (χ0v) is 11.3. The quantitative estimate of drug-likeness (QED) is 0.191. The first-order chi connectivity index (χ1) is 10.2. The van der Waals surface area contributed by atoms with Gasteiger partial charge in [-0.1, -0.05) is 17.3 Å². The molecule has 1 aromatic rings. The van der Waals surface area contributed by atoms with Crippen molar-refractivity contribution in [3.05, 3.63) is 58.0 Å². The lowest BCUT2D eigenvalue weighted by molar-refractivity contribution is -0.138. The van der Waals surface area contributed by atoms with Gasteiger partial charge < -0.3 is 15.0 Å². The second-order valence-corrected chi connectivity index (χ2v) is 3.66. The minimum atomic E-state index is -0.767. The van der Waals surface area contributed by atoms with Crippen molar-refractivity contribution in [2.24, 2.45) is 5.11 Å². The Hall–Kier alpha value is -3.08. The SMILES string of the molecule is COc1ccc(C(=[N+]=[N-])C(=O)OC/C=C/CN=[N+]=[N-])cc1. The van der Waals surface area contributed by atoms with E-state index in [1.165, 1.54) is 13.2 Å². The van der Waals surface area contributed by atoms with Gasteiger partial charge in [0.05, 0.1) is 12.7 Å². The van der Waals surface area contributed by atoms with Crippen molar-refractivity contribution in [2.75, 3.05) is 20.3 Å². The molecule has 0 bridgehead atoms. The lowest BCUT2D eigenvalue weighted by Gasteiger charge is -2.00. The number of carbonyl (C=O) groups is 1. The summed E-state index contributed by atoms with van der Waals surface area (Å²) >= 11 is 0. The fourth-order valence-corrected chi connectivity index (χ4v) is 1.38. The van der Waals surface area contributed by atoms with Crippen LogP contribution in [0.25, 0.3) is 16.0 Å². The van der Waals surface area contributed by atoms with Gasteiger partial charge in [0, 0.05) is 11.5 Å². The summed E-state index contributed by atoms with van der Waals surface area (Å²) in [7, 11) is 1.52. The van der Waals surface area contributed by atoms with Crippen LogP contribution >= 0.6 is 0 Å². The third kappa shape index (κ3) is 5.20. The van der Waals surface area contributed by atoms with Gasteiger partial charge in [0.1, 0.15) is 12.4 Å². The van der Waals surface area contributed by atoms with Gasteiger partial charge in [0.2, 0.25) is 0 Å².